The number of halogens is 1. The predicted octanol–water partition coefficient (Wildman–Crippen LogP) is 4.77. The van der Waals surface area contributed by atoms with Crippen LogP contribution in [0.3, 0.4) is 0 Å². The Kier molecular flexibility index (Phi) is 4.88. The minimum absolute atomic E-state index is 0. The van der Waals surface area contributed by atoms with Crippen LogP contribution in [-0.2, 0) is 4.79 Å². The number of aliphatic hydroxyl groups is 1. The van der Waals surface area contributed by atoms with Gasteiger partial charge in [-0.1, -0.05) is 19.8 Å². The number of aliphatic hydroxyl groups excluding tert-OH is 1. The van der Waals surface area contributed by atoms with Crippen molar-refractivity contribution in [3.8, 4) is 0 Å². The summed E-state index contributed by atoms with van der Waals surface area (Å²) in [7, 11) is 0. The number of carbonyl (C=O) groups excluding carboxylic acids is 1. The van der Waals surface area contributed by atoms with Crippen molar-refractivity contribution in [3.63, 3.8) is 0 Å². The van der Waals surface area contributed by atoms with Gasteiger partial charge in [-0.05, 0) is 80.5 Å². The fraction of sp³-hybridized carbons (Fsp3) is 0.950. The van der Waals surface area contributed by atoms with Crippen LogP contribution < -0.4 is 0 Å². The van der Waals surface area contributed by atoms with E-state index in [4.69, 9.17) is 0 Å². The summed E-state index contributed by atoms with van der Waals surface area (Å²) in [5, 5.41) is 9.56. The molecule has 0 saturated heterocycles. The molecule has 0 bridgehead atoms. The van der Waals surface area contributed by atoms with Crippen LogP contribution in [0.5, 0.6) is 0 Å². The van der Waals surface area contributed by atoms with Crippen molar-refractivity contribution in [1.29, 1.82) is 0 Å². The molecule has 1 N–H and O–H groups in total. The third-order valence-corrected chi connectivity index (χ3v) is 8.59. The largest absolute Gasteiger partial charge is 0.396 e. The summed E-state index contributed by atoms with van der Waals surface area (Å²) < 4.78 is 0. The lowest BCUT2D eigenvalue weighted by Gasteiger charge is -2.60. The second-order valence-electron chi connectivity index (χ2n) is 9.03. The van der Waals surface area contributed by atoms with Gasteiger partial charge in [0.15, 0.2) is 0 Å². The minimum Gasteiger partial charge on any atom is -0.396 e. The molecule has 0 aliphatic heterocycles. The van der Waals surface area contributed by atoms with Crippen molar-refractivity contribution in [2.45, 2.75) is 77.6 Å². The minimum atomic E-state index is -0.131. The van der Waals surface area contributed by atoms with Crippen LogP contribution in [0.1, 0.15) is 77.6 Å². The van der Waals surface area contributed by atoms with Gasteiger partial charge < -0.3 is 5.11 Å². The topological polar surface area (TPSA) is 37.3 Å². The van der Waals surface area contributed by atoms with Gasteiger partial charge in [-0.25, -0.2) is 0 Å². The Morgan fingerprint density at radius 1 is 1.04 bits per heavy atom. The number of hydrogen-bond acceptors (Lipinski definition) is 2. The van der Waals surface area contributed by atoms with Crippen LogP contribution >= 0.6 is 12.4 Å². The van der Waals surface area contributed by atoms with E-state index >= 15 is 0 Å². The van der Waals surface area contributed by atoms with Crippen molar-refractivity contribution >= 4 is 18.2 Å². The molecule has 6 atom stereocenters. The summed E-state index contributed by atoms with van der Waals surface area (Å²) in [6.45, 7) is 2.78. The van der Waals surface area contributed by atoms with Crippen molar-refractivity contribution in [3.05, 3.63) is 0 Å². The maximum absolute atomic E-state index is 12.6. The zero-order valence-electron chi connectivity index (χ0n) is 14.6. The molecule has 3 heteroatoms. The van der Waals surface area contributed by atoms with Crippen molar-refractivity contribution in [2.75, 3.05) is 6.61 Å². The second kappa shape index (κ2) is 6.33. The van der Waals surface area contributed by atoms with E-state index in [0.717, 1.165) is 43.4 Å². The maximum Gasteiger partial charge on any atom is 0.139 e. The molecule has 132 valence electrons. The first-order chi connectivity index (χ1) is 10.6. The summed E-state index contributed by atoms with van der Waals surface area (Å²) in [4.78, 5) is 12.6. The van der Waals surface area contributed by atoms with Gasteiger partial charge in [0.1, 0.15) is 5.78 Å². The van der Waals surface area contributed by atoms with E-state index in [9.17, 15) is 9.90 Å². The highest BCUT2D eigenvalue weighted by Crippen LogP contribution is 2.66. The Morgan fingerprint density at radius 3 is 2.65 bits per heavy atom. The van der Waals surface area contributed by atoms with E-state index in [1.165, 1.54) is 44.9 Å². The first-order valence-electron chi connectivity index (χ1n) is 9.76. The maximum atomic E-state index is 12.6. The van der Waals surface area contributed by atoms with Gasteiger partial charge in [-0.3, -0.25) is 4.79 Å². The third kappa shape index (κ3) is 2.42. The zero-order chi connectivity index (χ0) is 15.4. The standard InChI is InChI=1S/C20H32O2.ClH/c1-19-10-3-2-4-14(19)5-6-15-16(19)9-11-20(12-13-21)17(15)7-8-18(20)22;/h14-17,21H,2-13H2,1H3;1H/t14?,15-,16+,17+,19+,20-;/m1./s1. The average Bonchev–Trinajstić information content (AvgIpc) is 2.84. The Balaban J connectivity index is 0.00000156. The lowest BCUT2D eigenvalue weighted by atomic mass is 9.45. The number of rotatable bonds is 2. The van der Waals surface area contributed by atoms with Crippen molar-refractivity contribution in [1.82, 2.24) is 0 Å². The highest BCUT2D eigenvalue weighted by molar-refractivity contribution is 5.87. The van der Waals surface area contributed by atoms with Gasteiger partial charge in [0.2, 0.25) is 0 Å². The lowest BCUT2D eigenvalue weighted by molar-refractivity contribution is -0.143. The normalized spacial score (nSPS) is 48.9. The highest BCUT2D eigenvalue weighted by Gasteiger charge is 2.60. The first-order valence-corrected chi connectivity index (χ1v) is 9.76. The molecule has 0 aromatic rings. The molecule has 0 spiro atoms. The zero-order valence-corrected chi connectivity index (χ0v) is 15.4. The molecule has 0 aromatic heterocycles. The molecular weight excluding hydrogens is 308 g/mol. The third-order valence-electron chi connectivity index (χ3n) is 8.59. The fourth-order valence-electron chi connectivity index (χ4n) is 7.53. The molecule has 23 heavy (non-hydrogen) atoms. The number of fused-ring (bicyclic) bond motifs is 5. The van der Waals surface area contributed by atoms with Crippen LogP contribution in [0.25, 0.3) is 0 Å². The van der Waals surface area contributed by atoms with Gasteiger partial charge >= 0.3 is 0 Å². The van der Waals surface area contributed by atoms with Crippen LogP contribution in [0.2, 0.25) is 0 Å². The Hall–Kier alpha value is -0.0800. The van der Waals surface area contributed by atoms with E-state index in [0.29, 0.717) is 17.1 Å². The molecule has 0 radical (unpaired) electrons. The molecule has 2 nitrogen and oxygen atoms in total. The molecular formula is C20H33ClO2. The highest BCUT2D eigenvalue weighted by atomic mass is 35.5. The molecule has 0 amide bonds. The summed E-state index contributed by atoms with van der Waals surface area (Å²) >= 11 is 0. The van der Waals surface area contributed by atoms with Crippen LogP contribution in [0, 0.1) is 34.5 Å². The average molecular weight is 341 g/mol. The SMILES string of the molecule is C[C@]12CCCCC1CC[C@H]1[C@@H]3CCC(=O)[C@@]3(CCO)CC[C@@H]12.Cl. The second-order valence-corrected chi connectivity index (χ2v) is 9.03. The van der Waals surface area contributed by atoms with Crippen molar-refractivity contribution < 1.29 is 9.90 Å². The van der Waals surface area contributed by atoms with Crippen LogP contribution in [0.4, 0.5) is 0 Å². The quantitative estimate of drug-likeness (QED) is 0.786. The number of carbonyl (C=O) groups is 1. The monoisotopic (exact) mass is 340 g/mol. The van der Waals surface area contributed by atoms with Crippen LogP contribution in [-0.4, -0.2) is 17.5 Å². The van der Waals surface area contributed by atoms with Gasteiger partial charge in [0.05, 0.1) is 0 Å². The summed E-state index contributed by atoms with van der Waals surface area (Å²) in [6, 6.07) is 0. The Morgan fingerprint density at radius 2 is 1.87 bits per heavy atom. The molecule has 4 rings (SSSR count). The molecule has 4 aliphatic carbocycles. The molecule has 0 heterocycles. The van der Waals surface area contributed by atoms with Crippen molar-refractivity contribution in [2.24, 2.45) is 34.5 Å². The molecule has 0 aromatic carbocycles. The van der Waals surface area contributed by atoms with Crippen LogP contribution in [0.15, 0.2) is 0 Å². The lowest BCUT2D eigenvalue weighted by Crippen LogP contribution is -2.53. The van der Waals surface area contributed by atoms with Gasteiger partial charge in [-0.2, -0.15) is 0 Å². The van der Waals surface area contributed by atoms with E-state index in [2.05, 4.69) is 6.92 Å². The Bertz CT molecular complexity index is 465. The molecule has 1 unspecified atom stereocenters. The first kappa shape index (κ1) is 17.7. The molecule has 4 fully saturated rings. The van der Waals surface area contributed by atoms with E-state index in [-0.39, 0.29) is 24.4 Å². The molecule has 4 saturated carbocycles. The van der Waals surface area contributed by atoms with E-state index in [1.54, 1.807) is 0 Å². The summed E-state index contributed by atoms with van der Waals surface area (Å²) in [6.07, 6.45) is 13.4. The fourth-order valence-corrected chi connectivity index (χ4v) is 7.53. The number of Topliss-reactive ketones (excluding diaryl/α,β-unsaturated/α-hetero) is 1. The molecule has 4 aliphatic rings. The number of hydrogen-bond donors (Lipinski definition) is 1. The van der Waals surface area contributed by atoms with Gasteiger partial charge in [0.25, 0.3) is 0 Å². The number of ketones is 1. The van der Waals surface area contributed by atoms with Gasteiger partial charge in [0, 0.05) is 18.4 Å². The summed E-state index contributed by atoms with van der Waals surface area (Å²) in [5.41, 5.74) is 0.423. The smallest absolute Gasteiger partial charge is 0.139 e. The predicted molar refractivity (Wildman–Crippen MR) is 94.6 cm³/mol. The summed E-state index contributed by atoms with van der Waals surface area (Å²) in [5.74, 6) is 3.65. The van der Waals surface area contributed by atoms with Gasteiger partial charge in [-0.15, -0.1) is 12.4 Å². The Labute approximate surface area is 147 Å². The van der Waals surface area contributed by atoms with E-state index < -0.39 is 0 Å². The van der Waals surface area contributed by atoms with E-state index in [1.807, 2.05) is 0 Å².